The van der Waals surface area contributed by atoms with Crippen LogP contribution < -0.4 is 4.90 Å². The molecule has 0 fully saturated rings. The highest BCUT2D eigenvalue weighted by Crippen LogP contribution is 2.50. The molecule has 304 valence electrons. The molecule has 1 nitrogen and oxygen atoms in total. The zero-order chi connectivity index (χ0) is 43.1. The van der Waals surface area contributed by atoms with Crippen molar-refractivity contribution >= 4 is 60.2 Å². The van der Waals surface area contributed by atoms with Gasteiger partial charge in [-0.15, -0.1) is 0 Å². The molecule has 0 saturated carbocycles. The minimum Gasteiger partial charge on any atom is -0.311 e. The fourth-order valence-corrected chi connectivity index (χ4v) is 9.93. The Morgan fingerprint density at radius 1 is 0.215 bits per heavy atom. The summed E-state index contributed by atoms with van der Waals surface area (Å²) < 4.78 is 0. The van der Waals surface area contributed by atoms with Crippen LogP contribution in [0.25, 0.3) is 98.7 Å². The van der Waals surface area contributed by atoms with E-state index in [0.29, 0.717) is 0 Å². The Labute approximate surface area is 379 Å². The number of benzene rings is 12. The third kappa shape index (κ3) is 6.92. The molecule has 65 heavy (non-hydrogen) atoms. The zero-order valence-electron chi connectivity index (χ0n) is 35.8. The molecular formula is C64H43N. The van der Waals surface area contributed by atoms with E-state index in [1.165, 1.54) is 93.2 Å². The summed E-state index contributed by atoms with van der Waals surface area (Å²) in [4.78, 5) is 2.33. The summed E-state index contributed by atoms with van der Waals surface area (Å²) in [7, 11) is 0. The number of fused-ring (bicyclic) bond motifs is 7. The molecule has 12 rings (SSSR count). The number of hydrogen-bond acceptors (Lipinski definition) is 1. The lowest BCUT2D eigenvalue weighted by Crippen LogP contribution is -2.09. The molecule has 0 aliphatic heterocycles. The maximum Gasteiger partial charge on any atom is 0.0462 e. The maximum absolute atomic E-state index is 2.46. The molecule has 0 radical (unpaired) electrons. The number of anilines is 3. The van der Waals surface area contributed by atoms with Crippen LogP contribution in [0.1, 0.15) is 0 Å². The number of para-hydroxylation sites is 2. The van der Waals surface area contributed by atoms with Gasteiger partial charge in [-0.2, -0.15) is 0 Å². The van der Waals surface area contributed by atoms with Crippen LogP contribution in [-0.2, 0) is 0 Å². The van der Waals surface area contributed by atoms with Crippen LogP contribution in [0.2, 0.25) is 0 Å². The monoisotopic (exact) mass is 825 g/mol. The van der Waals surface area contributed by atoms with Gasteiger partial charge in [0.2, 0.25) is 0 Å². The maximum atomic E-state index is 2.46. The summed E-state index contributed by atoms with van der Waals surface area (Å²) in [6.07, 6.45) is 0. The predicted octanol–water partition coefficient (Wildman–Crippen LogP) is 18.1. The van der Waals surface area contributed by atoms with Gasteiger partial charge in [0.25, 0.3) is 0 Å². The van der Waals surface area contributed by atoms with Crippen molar-refractivity contribution in [2.45, 2.75) is 0 Å². The lowest BCUT2D eigenvalue weighted by Gasteiger charge is -2.26. The van der Waals surface area contributed by atoms with Crippen molar-refractivity contribution in [2.24, 2.45) is 0 Å². The Bertz CT molecular complexity index is 3620. The van der Waals surface area contributed by atoms with Crippen LogP contribution in [0.4, 0.5) is 17.1 Å². The van der Waals surface area contributed by atoms with E-state index in [-0.39, 0.29) is 0 Å². The topological polar surface area (TPSA) is 3.24 Å². The summed E-state index contributed by atoms with van der Waals surface area (Å²) in [5.41, 5.74) is 15.3. The minimum absolute atomic E-state index is 1.10. The van der Waals surface area contributed by atoms with E-state index in [9.17, 15) is 0 Å². The van der Waals surface area contributed by atoms with E-state index in [0.717, 1.165) is 22.6 Å². The van der Waals surface area contributed by atoms with Crippen molar-refractivity contribution in [3.05, 3.63) is 261 Å². The third-order valence-electron chi connectivity index (χ3n) is 13.0. The van der Waals surface area contributed by atoms with E-state index in [4.69, 9.17) is 0 Å². The Kier molecular flexibility index (Phi) is 9.58. The molecule has 0 aromatic heterocycles. The molecule has 0 unspecified atom stereocenters. The van der Waals surface area contributed by atoms with Crippen molar-refractivity contribution < 1.29 is 0 Å². The lowest BCUT2D eigenvalue weighted by molar-refractivity contribution is 1.28. The van der Waals surface area contributed by atoms with Gasteiger partial charge in [0, 0.05) is 17.1 Å². The Hall–Kier alpha value is -8.52. The number of rotatable bonds is 8. The zero-order valence-corrected chi connectivity index (χ0v) is 35.8. The molecule has 12 aromatic rings. The lowest BCUT2D eigenvalue weighted by atomic mass is 9.80. The van der Waals surface area contributed by atoms with E-state index >= 15 is 0 Å². The molecule has 0 atom stereocenters. The normalized spacial score (nSPS) is 11.4. The highest BCUT2D eigenvalue weighted by Gasteiger charge is 2.23. The first kappa shape index (κ1) is 38.2. The highest BCUT2D eigenvalue weighted by atomic mass is 15.1. The van der Waals surface area contributed by atoms with Gasteiger partial charge in [0.15, 0.2) is 0 Å². The molecule has 0 bridgehead atoms. The second-order valence-corrected chi connectivity index (χ2v) is 16.8. The second kappa shape index (κ2) is 16.3. The van der Waals surface area contributed by atoms with Gasteiger partial charge in [0.05, 0.1) is 0 Å². The van der Waals surface area contributed by atoms with Gasteiger partial charge in [-0.05, 0) is 159 Å². The highest BCUT2D eigenvalue weighted by molar-refractivity contribution is 6.33. The largest absolute Gasteiger partial charge is 0.311 e. The van der Waals surface area contributed by atoms with E-state index in [1.54, 1.807) is 0 Å². The molecule has 0 amide bonds. The average molecular weight is 826 g/mol. The van der Waals surface area contributed by atoms with Gasteiger partial charge in [-0.1, -0.05) is 200 Å². The standard InChI is InChI=1S/C64H43N/c1-6-18-44(19-7-1)51-34-38-56-60(41-51)61-42-52(50-31-30-45-20-16-17-25-49(45)40-50)35-39-57(61)64-62(48-23-10-3-11-24-48)58(46-21-8-2-9-22-46)43-59(63(56)64)47-32-36-55(37-33-47)65(53-26-12-4-13-27-53)54-28-14-5-15-29-54/h1-43H. The van der Waals surface area contributed by atoms with Gasteiger partial charge in [0.1, 0.15) is 0 Å². The first-order chi connectivity index (χ1) is 32.2. The van der Waals surface area contributed by atoms with Crippen LogP contribution in [0, 0.1) is 0 Å². The van der Waals surface area contributed by atoms with Crippen molar-refractivity contribution in [2.75, 3.05) is 4.90 Å². The van der Waals surface area contributed by atoms with Crippen LogP contribution in [0.5, 0.6) is 0 Å². The summed E-state index contributed by atoms with van der Waals surface area (Å²) in [5.74, 6) is 0. The molecule has 0 heterocycles. The summed E-state index contributed by atoms with van der Waals surface area (Å²) in [5, 5.41) is 9.93. The van der Waals surface area contributed by atoms with Gasteiger partial charge in [-0.3, -0.25) is 0 Å². The smallest absolute Gasteiger partial charge is 0.0462 e. The van der Waals surface area contributed by atoms with Gasteiger partial charge < -0.3 is 4.90 Å². The first-order valence-corrected chi connectivity index (χ1v) is 22.4. The van der Waals surface area contributed by atoms with Crippen LogP contribution in [0.3, 0.4) is 0 Å². The molecular weight excluding hydrogens is 783 g/mol. The first-order valence-electron chi connectivity index (χ1n) is 22.4. The summed E-state index contributed by atoms with van der Waals surface area (Å²) >= 11 is 0. The number of hydrogen-bond donors (Lipinski definition) is 0. The SMILES string of the molecule is c1ccc(-c2ccc3c(c2)c2cc(-c4ccc5ccccc5c4)ccc2c2c(-c4ccccc4)c(-c4ccccc4)cc(-c4ccc(N(c5ccccc5)c5ccccc5)cc4)c32)cc1. The van der Waals surface area contributed by atoms with Gasteiger partial charge >= 0.3 is 0 Å². The molecule has 0 aliphatic rings. The quantitative estimate of drug-likeness (QED) is 0.138. The minimum atomic E-state index is 1.10. The molecule has 1 heteroatoms. The van der Waals surface area contributed by atoms with Gasteiger partial charge in [-0.25, -0.2) is 0 Å². The van der Waals surface area contributed by atoms with Crippen molar-refractivity contribution in [1.29, 1.82) is 0 Å². The predicted molar refractivity (Wildman–Crippen MR) is 278 cm³/mol. The Morgan fingerprint density at radius 3 is 1.23 bits per heavy atom. The van der Waals surface area contributed by atoms with Crippen LogP contribution in [-0.4, -0.2) is 0 Å². The van der Waals surface area contributed by atoms with Crippen LogP contribution >= 0.6 is 0 Å². The molecule has 12 aromatic carbocycles. The third-order valence-corrected chi connectivity index (χ3v) is 13.0. The van der Waals surface area contributed by atoms with Crippen molar-refractivity contribution in [3.8, 4) is 55.6 Å². The van der Waals surface area contributed by atoms with Crippen LogP contribution in [0.15, 0.2) is 261 Å². The van der Waals surface area contributed by atoms with E-state index in [1.807, 2.05) is 0 Å². The second-order valence-electron chi connectivity index (χ2n) is 16.8. The Morgan fingerprint density at radius 2 is 0.631 bits per heavy atom. The molecule has 0 aliphatic carbocycles. The molecule has 0 N–H and O–H groups in total. The summed E-state index contributed by atoms with van der Waals surface area (Å²) in [6, 6.07) is 95.4. The number of nitrogens with zero attached hydrogens (tertiary/aromatic N) is 1. The summed E-state index contributed by atoms with van der Waals surface area (Å²) in [6.45, 7) is 0. The van der Waals surface area contributed by atoms with E-state index in [2.05, 4.69) is 266 Å². The van der Waals surface area contributed by atoms with Crippen molar-refractivity contribution in [1.82, 2.24) is 0 Å². The fraction of sp³-hybridized carbons (Fsp3) is 0. The molecule has 0 spiro atoms. The molecule has 0 saturated heterocycles. The fourth-order valence-electron chi connectivity index (χ4n) is 9.93. The average Bonchev–Trinajstić information content (AvgIpc) is 3.39. The van der Waals surface area contributed by atoms with E-state index < -0.39 is 0 Å². The van der Waals surface area contributed by atoms with Crippen molar-refractivity contribution in [3.63, 3.8) is 0 Å². The Balaban J connectivity index is 1.19.